The number of hydrogen-bond acceptors (Lipinski definition) is 4. The van der Waals surface area contributed by atoms with Crippen LogP contribution < -0.4 is 9.47 Å². The van der Waals surface area contributed by atoms with Gasteiger partial charge >= 0.3 is 5.97 Å². The van der Waals surface area contributed by atoms with Gasteiger partial charge in [0.15, 0.2) is 0 Å². The molecule has 4 aromatic carbocycles. The Bertz CT molecular complexity index is 1570. The smallest absolute Gasteiger partial charge is 0.335 e. The Balaban J connectivity index is 1.28. The summed E-state index contributed by atoms with van der Waals surface area (Å²) >= 11 is 0. The van der Waals surface area contributed by atoms with Crippen LogP contribution in [0.2, 0.25) is 0 Å². The van der Waals surface area contributed by atoms with Gasteiger partial charge in [-0.15, -0.1) is 0 Å². The molecule has 0 aliphatic heterocycles. The second kappa shape index (κ2) is 10.4. The van der Waals surface area contributed by atoms with E-state index in [9.17, 15) is 9.90 Å². The van der Waals surface area contributed by atoms with Gasteiger partial charge in [0.1, 0.15) is 28.8 Å². The van der Waals surface area contributed by atoms with Crippen molar-refractivity contribution in [2.75, 3.05) is 0 Å². The van der Waals surface area contributed by atoms with E-state index in [1.807, 2.05) is 84.9 Å². The van der Waals surface area contributed by atoms with Gasteiger partial charge in [0.25, 0.3) is 0 Å². The van der Waals surface area contributed by atoms with Gasteiger partial charge in [0, 0.05) is 17.7 Å². The fourth-order valence-corrected chi connectivity index (χ4v) is 5.18. The van der Waals surface area contributed by atoms with Crippen LogP contribution in [0.3, 0.4) is 0 Å². The molecule has 6 heteroatoms. The first-order valence-corrected chi connectivity index (χ1v) is 13.0. The first kappa shape index (κ1) is 23.8. The van der Waals surface area contributed by atoms with E-state index in [2.05, 4.69) is 4.57 Å². The van der Waals surface area contributed by atoms with Gasteiger partial charge in [-0.1, -0.05) is 43.5 Å². The van der Waals surface area contributed by atoms with E-state index in [0.29, 0.717) is 28.8 Å². The summed E-state index contributed by atoms with van der Waals surface area (Å²) in [5.74, 6) is 2.78. The number of aromatic nitrogens is 2. The summed E-state index contributed by atoms with van der Waals surface area (Å²) in [6.07, 6.45) is 5.84. The first-order valence-electron chi connectivity index (χ1n) is 13.0. The lowest BCUT2D eigenvalue weighted by molar-refractivity contribution is 0.0697. The number of ether oxygens (including phenoxy) is 2. The van der Waals surface area contributed by atoms with Crippen LogP contribution in [0.4, 0.5) is 0 Å². The molecule has 1 aromatic heterocycles. The number of hydrogen-bond donors (Lipinski definition) is 1. The minimum absolute atomic E-state index is 0.250. The molecule has 0 radical (unpaired) electrons. The summed E-state index contributed by atoms with van der Waals surface area (Å²) in [5, 5.41) is 9.47. The monoisotopic (exact) mass is 504 g/mol. The van der Waals surface area contributed by atoms with Crippen LogP contribution in [-0.4, -0.2) is 20.6 Å². The van der Waals surface area contributed by atoms with Crippen molar-refractivity contribution in [2.45, 2.75) is 38.1 Å². The van der Waals surface area contributed by atoms with Crippen LogP contribution in [0.15, 0.2) is 97.1 Å². The van der Waals surface area contributed by atoms with E-state index < -0.39 is 5.97 Å². The number of fused-ring (bicyclic) bond motifs is 1. The number of carboxylic acids is 1. The molecule has 1 N–H and O–H groups in total. The van der Waals surface area contributed by atoms with Crippen molar-refractivity contribution in [1.82, 2.24) is 9.55 Å². The quantitative estimate of drug-likeness (QED) is 0.241. The normalized spacial score (nSPS) is 13.9. The largest absolute Gasteiger partial charge is 0.478 e. The standard InChI is InChI=1S/C32H28N2O4/c35-32(36)23-16-19-30-29(20-23)33-31(34(30)24-8-3-1-4-9-24)22-14-17-26(18-15-22)38-28-13-7-12-27(21-28)37-25-10-5-2-6-11-25/h2,5-7,10-21,24H,1,3-4,8-9H2,(H,35,36). The predicted molar refractivity (Wildman–Crippen MR) is 147 cm³/mol. The number of carbonyl (C=O) groups is 1. The molecule has 6 nitrogen and oxygen atoms in total. The van der Waals surface area contributed by atoms with Gasteiger partial charge in [0.05, 0.1) is 16.6 Å². The third kappa shape index (κ3) is 4.98. The van der Waals surface area contributed by atoms with E-state index in [1.54, 1.807) is 12.1 Å². The van der Waals surface area contributed by atoms with Crippen LogP contribution in [0.25, 0.3) is 22.4 Å². The van der Waals surface area contributed by atoms with Crippen LogP contribution in [0.1, 0.15) is 48.5 Å². The number of imidazole rings is 1. The Labute approximate surface area is 221 Å². The van der Waals surface area contributed by atoms with Crippen molar-refractivity contribution in [3.8, 4) is 34.4 Å². The molecule has 1 heterocycles. The highest BCUT2D eigenvalue weighted by molar-refractivity contribution is 5.93. The molecule has 1 fully saturated rings. The second-order valence-electron chi connectivity index (χ2n) is 9.62. The van der Waals surface area contributed by atoms with Crippen LogP contribution >= 0.6 is 0 Å². The summed E-state index contributed by atoms with van der Waals surface area (Å²) in [4.78, 5) is 16.5. The summed E-state index contributed by atoms with van der Waals surface area (Å²) in [6.45, 7) is 0. The van der Waals surface area contributed by atoms with Crippen LogP contribution in [0.5, 0.6) is 23.0 Å². The summed E-state index contributed by atoms with van der Waals surface area (Å²) in [5.41, 5.74) is 2.91. The lowest BCUT2D eigenvalue weighted by Gasteiger charge is -2.25. The van der Waals surface area contributed by atoms with Crippen molar-refractivity contribution in [3.05, 3.63) is 103 Å². The van der Waals surface area contributed by atoms with Crippen molar-refractivity contribution < 1.29 is 19.4 Å². The average molecular weight is 505 g/mol. The maximum Gasteiger partial charge on any atom is 0.335 e. The Morgan fingerprint density at radius 3 is 2.08 bits per heavy atom. The van der Waals surface area contributed by atoms with Gasteiger partial charge in [-0.2, -0.15) is 0 Å². The molecule has 0 bridgehead atoms. The van der Waals surface area contributed by atoms with Crippen molar-refractivity contribution in [3.63, 3.8) is 0 Å². The molecule has 190 valence electrons. The molecule has 38 heavy (non-hydrogen) atoms. The van der Waals surface area contributed by atoms with Gasteiger partial charge in [-0.25, -0.2) is 9.78 Å². The third-order valence-corrected chi connectivity index (χ3v) is 7.01. The minimum atomic E-state index is -0.944. The number of benzene rings is 4. The zero-order valence-electron chi connectivity index (χ0n) is 20.9. The summed E-state index contributed by atoms with van der Waals surface area (Å²) in [7, 11) is 0. The molecule has 0 atom stereocenters. The van der Waals surface area contributed by atoms with E-state index >= 15 is 0 Å². The van der Waals surface area contributed by atoms with Crippen LogP contribution in [0, 0.1) is 0 Å². The van der Waals surface area contributed by atoms with Crippen molar-refractivity contribution in [1.29, 1.82) is 0 Å². The van der Waals surface area contributed by atoms with Gasteiger partial charge < -0.3 is 19.1 Å². The molecule has 0 spiro atoms. The molecule has 1 aliphatic rings. The molecular formula is C32H28N2O4. The molecule has 1 saturated carbocycles. The Morgan fingerprint density at radius 1 is 0.737 bits per heavy atom. The molecule has 5 aromatic rings. The highest BCUT2D eigenvalue weighted by Crippen LogP contribution is 2.37. The van der Waals surface area contributed by atoms with Crippen molar-refractivity contribution in [2.24, 2.45) is 0 Å². The van der Waals surface area contributed by atoms with E-state index in [4.69, 9.17) is 14.5 Å². The zero-order valence-corrected chi connectivity index (χ0v) is 20.9. The topological polar surface area (TPSA) is 73.6 Å². The maximum atomic E-state index is 11.6. The summed E-state index contributed by atoms with van der Waals surface area (Å²) in [6, 6.07) is 30.7. The lowest BCUT2D eigenvalue weighted by atomic mass is 9.95. The highest BCUT2D eigenvalue weighted by Gasteiger charge is 2.23. The maximum absolute atomic E-state index is 11.6. The number of aromatic carboxylic acids is 1. The number of rotatable bonds is 7. The van der Waals surface area contributed by atoms with Gasteiger partial charge in [0.2, 0.25) is 0 Å². The number of carboxylic acid groups (broad SMARTS) is 1. The Hall–Kier alpha value is -4.58. The number of para-hydroxylation sites is 1. The minimum Gasteiger partial charge on any atom is -0.478 e. The summed E-state index contributed by atoms with van der Waals surface area (Å²) < 4.78 is 14.4. The lowest BCUT2D eigenvalue weighted by Crippen LogP contribution is -2.14. The fraction of sp³-hybridized carbons (Fsp3) is 0.188. The first-order chi connectivity index (χ1) is 18.6. The fourth-order valence-electron chi connectivity index (χ4n) is 5.18. The van der Waals surface area contributed by atoms with E-state index in [-0.39, 0.29) is 5.56 Å². The molecular weight excluding hydrogens is 476 g/mol. The third-order valence-electron chi connectivity index (χ3n) is 7.01. The zero-order chi connectivity index (χ0) is 25.9. The molecule has 0 unspecified atom stereocenters. The Morgan fingerprint density at radius 2 is 1.39 bits per heavy atom. The molecule has 1 aliphatic carbocycles. The second-order valence-corrected chi connectivity index (χ2v) is 9.62. The van der Waals surface area contributed by atoms with Crippen molar-refractivity contribution >= 4 is 17.0 Å². The van der Waals surface area contributed by atoms with Gasteiger partial charge in [-0.05, 0) is 79.6 Å². The SMILES string of the molecule is O=C(O)c1ccc2c(c1)nc(-c1ccc(Oc3cccc(Oc4ccccc4)c3)cc1)n2C1CCCCC1. The average Bonchev–Trinajstić information content (AvgIpc) is 3.33. The number of nitrogens with zero attached hydrogens (tertiary/aromatic N) is 2. The van der Waals surface area contributed by atoms with Gasteiger partial charge in [-0.3, -0.25) is 0 Å². The molecule has 6 rings (SSSR count). The molecule has 0 saturated heterocycles. The predicted octanol–water partition coefficient (Wildman–Crippen LogP) is 8.49. The Kier molecular flexibility index (Phi) is 6.53. The van der Waals surface area contributed by atoms with Crippen LogP contribution in [-0.2, 0) is 0 Å². The molecule has 0 amide bonds. The van der Waals surface area contributed by atoms with E-state index in [0.717, 1.165) is 35.5 Å². The van der Waals surface area contributed by atoms with E-state index in [1.165, 1.54) is 19.3 Å². The highest BCUT2D eigenvalue weighted by atomic mass is 16.5.